The van der Waals surface area contributed by atoms with Crippen molar-refractivity contribution in [3.63, 3.8) is 0 Å². The van der Waals surface area contributed by atoms with E-state index in [9.17, 15) is 9.59 Å². The molecule has 0 atom stereocenters. The lowest BCUT2D eigenvalue weighted by Gasteiger charge is -2.19. The summed E-state index contributed by atoms with van der Waals surface area (Å²) < 4.78 is 28.0. The fourth-order valence-corrected chi connectivity index (χ4v) is 4.48. The van der Waals surface area contributed by atoms with Gasteiger partial charge in [0.05, 0.1) is 17.5 Å². The minimum Gasteiger partial charge on any atom is -0.486 e. The summed E-state index contributed by atoms with van der Waals surface area (Å²) in [6, 6.07) is 21.2. The maximum atomic E-state index is 15.3. The van der Waals surface area contributed by atoms with Crippen LogP contribution in [0, 0.1) is 12.7 Å². The van der Waals surface area contributed by atoms with E-state index in [4.69, 9.17) is 9.47 Å². The Bertz CT molecular complexity index is 1740. The van der Waals surface area contributed by atoms with Crippen LogP contribution in [0.1, 0.15) is 31.9 Å². The van der Waals surface area contributed by atoms with Gasteiger partial charge in [0.25, 0.3) is 5.56 Å². The summed E-state index contributed by atoms with van der Waals surface area (Å²) in [7, 11) is 0. The van der Waals surface area contributed by atoms with Crippen LogP contribution in [0.4, 0.5) is 14.9 Å². The number of benzene rings is 3. The molecule has 0 saturated carbocycles. The summed E-state index contributed by atoms with van der Waals surface area (Å²) in [5, 5.41) is 2.71. The number of ether oxygens (including phenoxy) is 2. The van der Waals surface area contributed by atoms with Crippen molar-refractivity contribution in [1.29, 1.82) is 0 Å². The molecule has 0 bridgehead atoms. The van der Waals surface area contributed by atoms with Crippen LogP contribution in [-0.4, -0.2) is 26.2 Å². The van der Waals surface area contributed by atoms with Crippen LogP contribution in [0.3, 0.4) is 0 Å². The van der Waals surface area contributed by atoms with Gasteiger partial charge in [-0.3, -0.25) is 10.1 Å². The lowest BCUT2D eigenvalue weighted by Crippen LogP contribution is -2.27. The predicted molar refractivity (Wildman–Crippen MR) is 152 cm³/mol. The molecule has 0 aliphatic carbocycles. The van der Waals surface area contributed by atoms with E-state index in [1.54, 1.807) is 49.6 Å². The highest BCUT2D eigenvalue weighted by molar-refractivity contribution is 5.91. The number of hydrogen-bond acceptors (Lipinski definition) is 5. The van der Waals surface area contributed by atoms with Crippen molar-refractivity contribution in [2.75, 3.05) is 5.32 Å². The van der Waals surface area contributed by atoms with Crippen LogP contribution < -0.4 is 15.6 Å². The van der Waals surface area contributed by atoms with Gasteiger partial charge in [0.2, 0.25) is 0 Å². The van der Waals surface area contributed by atoms with Crippen LogP contribution in [-0.2, 0) is 11.3 Å². The van der Waals surface area contributed by atoms with Gasteiger partial charge in [-0.15, -0.1) is 0 Å². The van der Waals surface area contributed by atoms with E-state index in [0.29, 0.717) is 28.1 Å². The molecular weight excluding hydrogens is 511 g/mol. The van der Waals surface area contributed by atoms with E-state index in [-0.39, 0.29) is 17.9 Å². The van der Waals surface area contributed by atoms with Gasteiger partial charge < -0.3 is 19.0 Å². The Morgan fingerprint density at radius 3 is 2.45 bits per heavy atom. The number of carbonyl (C=O) groups excluding carboxylic acids is 1. The average Bonchev–Trinajstić information content (AvgIpc) is 3.21. The van der Waals surface area contributed by atoms with Crippen molar-refractivity contribution < 1.29 is 18.7 Å². The number of aryl methyl sites for hydroxylation is 1. The summed E-state index contributed by atoms with van der Waals surface area (Å²) in [5.74, 6) is -0.456. The first-order valence-electron chi connectivity index (χ1n) is 12.8. The van der Waals surface area contributed by atoms with Gasteiger partial charge in [-0.25, -0.2) is 14.2 Å². The van der Waals surface area contributed by atoms with Crippen molar-refractivity contribution >= 4 is 22.8 Å². The Morgan fingerprint density at radius 1 is 1.05 bits per heavy atom. The smallest absolute Gasteiger partial charge is 0.412 e. The van der Waals surface area contributed by atoms with E-state index < -0.39 is 17.5 Å². The molecule has 40 heavy (non-hydrogen) atoms. The van der Waals surface area contributed by atoms with Crippen molar-refractivity contribution in [2.24, 2.45) is 0 Å². The molecule has 0 radical (unpaired) electrons. The zero-order valence-electron chi connectivity index (χ0n) is 22.6. The number of aromatic amines is 1. The highest BCUT2D eigenvalue weighted by atomic mass is 19.1. The zero-order valence-corrected chi connectivity index (χ0v) is 22.6. The fourth-order valence-electron chi connectivity index (χ4n) is 4.48. The van der Waals surface area contributed by atoms with Gasteiger partial charge in [-0.2, -0.15) is 0 Å². The molecule has 0 aliphatic heterocycles. The second-order valence-electron chi connectivity index (χ2n) is 10.3. The number of carbonyl (C=O) groups is 1. The van der Waals surface area contributed by atoms with Crippen molar-refractivity contribution in [3.05, 3.63) is 106 Å². The molecule has 5 aromatic rings. The number of rotatable bonds is 6. The average molecular weight is 541 g/mol. The molecule has 3 aromatic carbocycles. The molecule has 2 heterocycles. The molecule has 204 valence electrons. The third kappa shape index (κ3) is 5.58. The maximum absolute atomic E-state index is 15.3. The number of fused-ring (bicyclic) bond motifs is 1. The third-order valence-electron chi connectivity index (χ3n) is 6.20. The predicted octanol–water partition coefficient (Wildman–Crippen LogP) is 6.75. The zero-order chi connectivity index (χ0) is 28.4. The molecular formula is C31H29FN4O4. The molecule has 0 aliphatic rings. The number of nitrogens with one attached hydrogen (secondary N) is 2. The lowest BCUT2D eigenvalue weighted by molar-refractivity contribution is 0.0636. The Balaban J connectivity index is 1.52. The molecule has 2 N–H and O–H groups in total. The monoisotopic (exact) mass is 540 g/mol. The van der Waals surface area contributed by atoms with E-state index in [1.165, 1.54) is 12.4 Å². The van der Waals surface area contributed by atoms with Crippen LogP contribution in [0.15, 0.2) is 83.9 Å². The van der Waals surface area contributed by atoms with Crippen LogP contribution in [0.5, 0.6) is 5.75 Å². The first kappa shape index (κ1) is 26.7. The molecule has 0 saturated heterocycles. The molecule has 8 nitrogen and oxygen atoms in total. The number of hydrogen-bond donors (Lipinski definition) is 2. The summed E-state index contributed by atoms with van der Waals surface area (Å²) in [5.41, 5.74) is 3.87. The van der Waals surface area contributed by atoms with Crippen LogP contribution >= 0.6 is 0 Å². The molecule has 1 amide bonds. The first-order chi connectivity index (χ1) is 19.1. The van der Waals surface area contributed by atoms with Crippen LogP contribution in [0.2, 0.25) is 0 Å². The summed E-state index contributed by atoms with van der Waals surface area (Å²) in [6.45, 7) is 7.45. The molecule has 2 aromatic heterocycles. The largest absolute Gasteiger partial charge is 0.486 e. The third-order valence-corrected chi connectivity index (χ3v) is 6.20. The number of anilines is 1. The van der Waals surface area contributed by atoms with Gasteiger partial charge in [-0.05, 0) is 63.1 Å². The molecule has 0 spiro atoms. The number of halogens is 1. The molecule has 5 rings (SSSR count). The van der Waals surface area contributed by atoms with E-state index in [1.807, 2.05) is 49.4 Å². The van der Waals surface area contributed by atoms with Gasteiger partial charge in [0, 0.05) is 23.0 Å². The Hall–Kier alpha value is -4.92. The lowest BCUT2D eigenvalue weighted by atomic mass is 10.1. The van der Waals surface area contributed by atoms with E-state index in [0.717, 1.165) is 16.7 Å². The normalized spacial score (nSPS) is 11.4. The first-order valence-corrected chi connectivity index (χ1v) is 12.8. The maximum Gasteiger partial charge on any atom is 0.412 e. The summed E-state index contributed by atoms with van der Waals surface area (Å²) >= 11 is 0. The summed E-state index contributed by atoms with van der Waals surface area (Å²) in [6.07, 6.45) is 0.784. The number of H-pyrrole nitrogens is 1. The Morgan fingerprint density at radius 2 is 1.77 bits per heavy atom. The van der Waals surface area contributed by atoms with Crippen molar-refractivity contribution in [3.8, 4) is 22.7 Å². The number of aromatic nitrogens is 3. The summed E-state index contributed by atoms with van der Waals surface area (Å²) in [4.78, 5) is 32.2. The minimum absolute atomic E-state index is 0.104. The Kier molecular flexibility index (Phi) is 7.13. The topological polar surface area (TPSA) is 98.2 Å². The highest BCUT2D eigenvalue weighted by Gasteiger charge is 2.22. The second-order valence-corrected chi connectivity index (χ2v) is 10.3. The van der Waals surface area contributed by atoms with Gasteiger partial charge >= 0.3 is 6.09 Å². The molecule has 0 unspecified atom stereocenters. The van der Waals surface area contributed by atoms with Gasteiger partial charge in [0.15, 0.2) is 11.6 Å². The van der Waals surface area contributed by atoms with Gasteiger partial charge in [-0.1, -0.05) is 42.5 Å². The number of amides is 1. The molecule has 0 fully saturated rings. The Labute approximate surface area is 230 Å². The molecule has 9 heteroatoms. The van der Waals surface area contributed by atoms with Crippen molar-refractivity contribution in [2.45, 2.75) is 39.9 Å². The standard InChI is InChI=1S/C31H29FN4O4/c1-19-26-28(29(37)34-18-33-26)36(23-14-15-25(24(32)16-23)39-17-20-8-6-5-7-9-20)27(19)21-10-12-22(13-11-21)35-30(38)40-31(2,3)4/h5-16,18H,17H2,1-4H3,(H,35,38)(H,33,34,37). The van der Waals surface area contributed by atoms with E-state index in [2.05, 4.69) is 15.3 Å². The quantitative estimate of drug-likeness (QED) is 0.248. The van der Waals surface area contributed by atoms with Crippen molar-refractivity contribution in [1.82, 2.24) is 14.5 Å². The van der Waals surface area contributed by atoms with Crippen LogP contribution in [0.25, 0.3) is 28.0 Å². The second kappa shape index (κ2) is 10.7. The minimum atomic E-state index is -0.625. The van der Waals surface area contributed by atoms with Gasteiger partial charge in [0.1, 0.15) is 17.7 Å². The highest BCUT2D eigenvalue weighted by Crippen LogP contribution is 2.35. The SMILES string of the molecule is Cc1c(-c2ccc(NC(=O)OC(C)(C)C)cc2)n(-c2ccc(OCc3ccccc3)c(F)c2)c2c(=O)[nH]cnc12. The van der Waals surface area contributed by atoms with E-state index >= 15 is 4.39 Å². The fraction of sp³-hybridized carbons (Fsp3) is 0.194. The number of nitrogens with zero attached hydrogens (tertiary/aromatic N) is 2.